The highest BCUT2D eigenvalue weighted by Crippen LogP contribution is 2.18. The van der Waals surface area contributed by atoms with Crippen LogP contribution in [0.4, 0.5) is 4.39 Å². The van der Waals surface area contributed by atoms with E-state index in [1.54, 1.807) is 18.2 Å². The summed E-state index contributed by atoms with van der Waals surface area (Å²) in [5, 5.41) is 2.66. The average Bonchev–Trinajstić information content (AvgIpc) is 3.05. The van der Waals surface area contributed by atoms with Crippen LogP contribution in [0.1, 0.15) is 41.7 Å². The van der Waals surface area contributed by atoms with Crippen molar-refractivity contribution in [1.82, 2.24) is 15.2 Å². The Morgan fingerprint density at radius 3 is 2.88 bits per heavy atom. The molecular formula is C18H22FN3O2. The summed E-state index contributed by atoms with van der Waals surface area (Å²) in [6.07, 6.45) is 3.71. The standard InChI is InChI=1S/C18H22FN3O2/c1-13-6-8-22(9-7-13)11-17-21-16(12-24-17)18(23)20-10-14-4-2-3-5-15(14)19/h2-5,12-13H,6-11H2,1H3,(H,20,23). The van der Waals surface area contributed by atoms with Gasteiger partial charge in [-0.25, -0.2) is 9.37 Å². The van der Waals surface area contributed by atoms with Gasteiger partial charge in [0, 0.05) is 12.1 Å². The van der Waals surface area contributed by atoms with E-state index in [0.29, 0.717) is 18.0 Å². The number of hydrogen-bond acceptors (Lipinski definition) is 4. The highest BCUT2D eigenvalue weighted by Gasteiger charge is 2.19. The number of halogens is 1. The Morgan fingerprint density at radius 1 is 1.38 bits per heavy atom. The molecule has 0 radical (unpaired) electrons. The number of nitrogens with one attached hydrogen (secondary N) is 1. The normalized spacial score (nSPS) is 16.2. The van der Waals surface area contributed by atoms with Gasteiger partial charge in [-0.3, -0.25) is 9.69 Å². The molecule has 6 heteroatoms. The van der Waals surface area contributed by atoms with Crippen LogP contribution in [0.5, 0.6) is 0 Å². The van der Waals surface area contributed by atoms with E-state index in [-0.39, 0.29) is 24.0 Å². The molecule has 1 aliphatic heterocycles. The highest BCUT2D eigenvalue weighted by atomic mass is 19.1. The third-order valence-electron chi connectivity index (χ3n) is 4.42. The molecule has 0 aliphatic carbocycles. The van der Waals surface area contributed by atoms with Crippen molar-refractivity contribution in [2.24, 2.45) is 5.92 Å². The summed E-state index contributed by atoms with van der Waals surface area (Å²) >= 11 is 0. The lowest BCUT2D eigenvalue weighted by Gasteiger charge is -2.28. The van der Waals surface area contributed by atoms with Gasteiger partial charge in [0.2, 0.25) is 5.89 Å². The lowest BCUT2D eigenvalue weighted by molar-refractivity contribution is 0.0945. The summed E-state index contributed by atoms with van der Waals surface area (Å²) in [5.74, 6) is 0.615. The van der Waals surface area contributed by atoms with Crippen molar-refractivity contribution < 1.29 is 13.6 Å². The molecule has 128 valence electrons. The SMILES string of the molecule is CC1CCN(Cc2nc(C(=O)NCc3ccccc3F)co2)CC1. The van der Waals surface area contributed by atoms with E-state index in [2.05, 4.69) is 22.1 Å². The number of carbonyl (C=O) groups is 1. The Labute approximate surface area is 140 Å². The number of aromatic nitrogens is 1. The van der Waals surface area contributed by atoms with Crippen LogP contribution in [-0.2, 0) is 13.1 Å². The number of likely N-dealkylation sites (tertiary alicyclic amines) is 1. The van der Waals surface area contributed by atoms with Gasteiger partial charge in [-0.1, -0.05) is 25.1 Å². The number of piperidine rings is 1. The van der Waals surface area contributed by atoms with E-state index >= 15 is 0 Å². The van der Waals surface area contributed by atoms with Crippen LogP contribution in [-0.4, -0.2) is 28.9 Å². The number of carbonyl (C=O) groups excluding carboxylic acids is 1. The van der Waals surface area contributed by atoms with Crippen LogP contribution in [0.25, 0.3) is 0 Å². The predicted octanol–water partition coefficient (Wildman–Crippen LogP) is 2.98. The highest BCUT2D eigenvalue weighted by molar-refractivity contribution is 5.91. The largest absolute Gasteiger partial charge is 0.447 e. The zero-order chi connectivity index (χ0) is 16.9. The van der Waals surface area contributed by atoms with E-state index in [1.165, 1.54) is 25.2 Å². The first kappa shape index (κ1) is 16.6. The van der Waals surface area contributed by atoms with Crippen LogP contribution >= 0.6 is 0 Å². The van der Waals surface area contributed by atoms with Gasteiger partial charge in [-0.05, 0) is 37.9 Å². The Bertz CT molecular complexity index is 693. The average molecular weight is 331 g/mol. The van der Waals surface area contributed by atoms with Crippen LogP contribution in [0.3, 0.4) is 0 Å². The van der Waals surface area contributed by atoms with Crippen molar-refractivity contribution in [2.45, 2.75) is 32.9 Å². The van der Waals surface area contributed by atoms with Gasteiger partial charge < -0.3 is 9.73 Å². The molecule has 2 aromatic rings. The van der Waals surface area contributed by atoms with Crippen LogP contribution in [0, 0.1) is 11.7 Å². The minimum absolute atomic E-state index is 0.123. The maximum Gasteiger partial charge on any atom is 0.273 e. The first-order valence-electron chi connectivity index (χ1n) is 8.30. The topological polar surface area (TPSA) is 58.4 Å². The fourth-order valence-corrected chi connectivity index (χ4v) is 2.81. The van der Waals surface area contributed by atoms with E-state index in [0.717, 1.165) is 19.0 Å². The smallest absolute Gasteiger partial charge is 0.273 e. The summed E-state index contributed by atoms with van der Waals surface area (Å²) in [6, 6.07) is 6.36. The van der Waals surface area contributed by atoms with Crippen molar-refractivity contribution in [3.63, 3.8) is 0 Å². The zero-order valence-electron chi connectivity index (χ0n) is 13.8. The van der Waals surface area contributed by atoms with Crippen molar-refractivity contribution >= 4 is 5.91 Å². The lowest BCUT2D eigenvalue weighted by atomic mass is 9.99. The molecule has 3 rings (SSSR count). The van der Waals surface area contributed by atoms with E-state index < -0.39 is 0 Å². The fourth-order valence-electron chi connectivity index (χ4n) is 2.81. The maximum atomic E-state index is 13.5. The molecule has 24 heavy (non-hydrogen) atoms. The second kappa shape index (κ2) is 7.57. The molecule has 0 bridgehead atoms. The summed E-state index contributed by atoms with van der Waals surface area (Å²) in [4.78, 5) is 18.6. The van der Waals surface area contributed by atoms with Crippen molar-refractivity contribution in [3.05, 3.63) is 53.5 Å². The molecule has 0 saturated carbocycles. The summed E-state index contributed by atoms with van der Waals surface area (Å²) in [5.41, 5.74) is 0.670. The first-order valence-corrected chi connectivity index (χ1v) is 8.30. The minimum Gasteiger partial charge on any atom is -0.447 e. The third-order valence-corrected chi connectivity index (χ3v) is 4.42. The van der Waals surface area contributed by atoms with Crippen LogP contribution in [0.15, 0.2) is 34.9 Å². The second-order valence-corrected chi connectivity index (χ2v) is 6.36. The summed E-state index contributed by atoms with van der Waals surface area (Å²) in [6.45, 7) is 5.06. The van der Waals surface area contributed by atoms with Crippen molar-refractivity contribution in [2.75, 3.05) is 13.1 Å². The third kappa shape index (κ3) is 4.20. The molecule has 1 aliphatic rings. The molecule has 1 N–H and O–H groups in total. The van der Waals surface area contributed by atoms with Gasteiger partial charge in [0.1, 0.15) is 12.1 Å². The lowest BCUT2D eigenvalue weighted by Crippen LogP contribution is -2.32. The van der Waals surface area contributed by atoms with Crippen LogP contribution in [0.2, 0.25) is 0 Å². The summed E-state index contributed by atoms with van der Waals surface area (Å²) < 4.78 is 18.9. The second-order valence-electron chi connectivity index (χ2n) is 6.36. The molecule has 1 amide bonds. The maximum absolute atomic E-state index is 13.5. The molecule has 1 aromatic carbocycles. The molecule has 5 nitrogen and oxygen atoms in total. The van der Waals surface area contributed by atoms with Gasteiger partial charge in [0.05, 0.1) is 6.54 Å². The molecule has 1 saturated heterocycles. The molecule has 1 fully saturated rings. The van der Waals surface area contributed by atoms with Crippen molar-refractivity contribution in [3.8, 4) is 0 Å². The number of amides is 1. The zero-order valence-corrected chi connectivity index (χ0v) is 13.8. The van der Waals surface area contributed by atoms with Gasteiger partial charge in [-0.15, -0.1) is 0 Å². The van der Waals surface area contributed by atoms with Crippen LogP contribution < -0.4 is 5.32 Å². The van der Waals surface area contributed by atoms with Gasteiger partial charge in [-0.2, -0.15) is 0 Å². The van der Waals surface area contributed by atoms with E-state index in [4.69, 9.17) is 4.42 Å². The van der Waals surface area contributed by atoms with Gasteiger partial charge in [0.25, 0.3) is 5.91 Å². The monoisotopic (exact) mass is 331 g/mol. The van der Waals surface area contributed by atoms with Gasteiger partial charge in [0.15, 0.2) is 5.69 Å². The number of nitrogens with zero attached hydrogens (tertiary/aromatic N) is 2. The minimum atomic E-state index is -0.361. The number of oxazole rings is 1. The Morgan fingerprint density at radius 2 is 2.12 bits per heavy atom. The Kier molecular flexibility index (Phi) is 5.25. The molecule has 2 heterocycles. The Hall–Kier alpha value is -2.21. The predicted molar refractivity (Wildman–Crippen MR) is 87.7 cm³/mol. The molecule has 0 spiro atoms. The van der Waals surface area contributed by atoms with E-state index in [9.17, 15) is 9.18 Å². The summed E-state index contributed by atoms with van der Waals surface area (Å²) in [7, 11) is 0. The molecular weight excluding hydrogens is 309 g/mol. The Balaban J connectivity index is 1.53. The molecule has 0 unspecified atom stereocenters. The quantitative estimate of drug-likeness (QED) is 0.915. The number of benzene rings is 1. The van der Waals surface area contributed by atoms with Crippen molar-refractivity contribution in [1.29, 1.82) is 0 Å². The van der Waals surface area contributed by atoms with E-state index in [1.807, 2.05) is 0 Å². The molecule has 1 aromatic heterocycles. The number of hydrogen-bond donors (Lipinski definition) is 1. The number of rotatable bonds is 5. The molecule has 0 atom stereocenters. The first-order chi connectivity index (χ1) is 11.6. The van der Waals surface area contributed by atoms with Gasteiger partial charge >= 0.3 is 0 Å². The fraction of sp³-hybridized carbons (Fsp3) is 0.444.